The molecule has 0 unspecified atom stereocenters. The average Bonchev–Trinajstić information content (AvgIpc) is 3.29. The summed E-state index contributed by atoms with van der Waals surface area (Å²) in [5.41, 5.74) is 1.27. The second-order valence-electron chi connectivity index (χ2n) is 6.57. The van der Waals surface area contributed by atoms with Crippen molar-refractivity contribution in [1.82, 2.24) is 15.0 Å². The molecule has 0 atom stereocenters. The second kappa shape index (κ2) is 8.08. The van der Waals surface area contributed by atoms with Gasteiger partial charge in [0, 0.05) is 32.2 Å². The van der Waals surface area contributed by atoms with Crippen LogP contribution < -0.4 is 0 Å². The highest BCUT2D eigenvalue weighted by molar-refractivity contribution is 5.76. The predicted molar refractivity (Wildman–Crippen MR) is 89.4 cm³/mol. The summed E-state index contributed by atoms with van der Waals surface area (Å²) in [5, 5.41) is 3.36. The van der Waals surface area contributed by atoms with Gasteiger partial charge in [-0.3, -0.25) is 4.79 Å². The number of ether oxygens (including phenoxy) is 1. The number of hydrogen-bond donors (Lipinski definition) is 0. The van der Waals surface area contributed by atoms with Crippen LogP contribution in [0.1, 0.15) is 30.7 Å². The number of carbonyl (C=O) groups is 1. The monoisotopic (exact) mass is 383 g/mol. The van der Waals surface area contributed by atoms with E-state index < -0.39 is 12.1 Å². The molecule has 0 saturated heterocycles. The maximum atomic E-state index is 12.6. The first kappa shape index (κ1) is 19.3. The second-order valence-corrected chi connectivity index (χ2v) is 6.57. The Morgan fingerprint density at radius 1 is 1.30 bits per heavy atom. The smallest absolute Gasteiger partial charge is 0.383 e. The number of carbonyl (C=O) groups excluding carboxylic acids is 1. The van der Waals surface area contributed by atoms with E-state index in [1.807, 2.05) is 0 Å². The van der Waals surface area contributed by atoms with Crippen molar-refractivity contribution in [2.75, 3.05) is 20.3 Å². The zero-order valence-corrected chi connectivity index (χ0v) is 14.8. The van der Waals surface area contributed by atoms with Crippen molar-refractivity contribution in [3.63, 3.8) is 0 Å². The number of halogens is 3. The minimum absolute atomic E-state index is 0.0895. The SMILES string of the molecule is COCCN(Cc1ccc(-c2noc(C(F)(F)F)n2)cc1)C(=O)CC1CC1. The van der Waals surface area contributed by atoms with Crippen molar-refractivity contribution in [1.29, 1.82) is 0 Å². The molecule has 0 aliphatic heterocycles. The Bertz CT molecular complexity index is 770. The summed E-state index contributed by atoms with van der Waals surface area (Å²) in [7, 11) is 1.58. The summed E-state index contributed by atoms with van der Waals surface area (Å²) in [5.74, 6) is -0.925. The quantitative estimate of drug-likeness (QED) is 0.698. The molecule has 3 rings (SSSR count). The Morgan fingerprint density at radius 3 is 2.56 bits per heavy atom. The van der Waals surface area contributed by atoms with E-state index in [1.54, 1.807) is 36.3 Å². The molecule has 1 amide bonds. The van der Waals surface area contributed by atoms with E-state index in [4.69, 9.17) is 4.74 Å². The van der Waals surface area contributed by atoms with Crippen LogP contribution in [-0.2, 0) is 22.3 Å². The minimum atomic E-state index is -4.67. The van der Waals surface area contributed by atoms with Crippen LogP contribution in [0.4, 0.5) is 13.2 Å². The Hall–Kier alpha value is -2.42. The highest BCUT2D eigenvalue weighted by atomic mass is 19.4. The van der Waals surface area contributed by atoms with Crippen molar-refractivity contribution in [2.45, 2.75) is 32.0 Å². The van der Waals surface area contributed by atoms with E-state index in [9.17, 15) is 18.0 Å². The van der Waals surface area contributed by atoms with E-state index in [1.165, 1.54) is 0 Å². The van der Waals surface area contributed by atoms with Gasteiger partial charge in [-0.2, -0.15) is 18.2 Å². The number of rotatable bonds is 8. The van der Waals surface area contributed by atoms with Crippen LogP contribution in [0.5, 0.6) is 0 Å². The van der Waals surface area contributed by atoms with Crippen molar-refractivity contribution < 1.29 is 27.2 Å². The summed E-state index contributed by atoms with van der Waals surface area (Å²) >= 11 is 0. The number of alkyl halides is 3. The highest BCUT2D eigenvalue weighted by Crippen LogP contribution is 2.33. The molecule has 9 heteroatoms. The van der Waals surface area contributed by atoms with Crippen LogP contribution in [0.3, 0.4) is 0 Å². The van der Waals surface area contributed by atoms with Gasteiger partial charge >= 0.3 is 12.1 Å². The molecular weight excluding hydrogens is 363 g/mol. The first-order valence-corrected chi connectivity index (χ1v) is 8.63. The fraction of sp³-hybridized carbons (Fsp3) is 0.500. The highest BCUT2D eigenvalue weighted by Gasteiger charge is 2.38. The molecule has 1 heterocycles. The van der Waals surface area contributed by atoms with E-state index in [0.717, 1.165) is 18.4 Å². The first-order chi connectivity index (χ1) is 12.9. The zero-order chi connectivity index (χ0) is 19.4. The molecule has 0 spiro atoms. The lowest BCUT2D eigenvalue weighted by atomic mass is 10.1. The Morgan fingerprint density at radius 2 is 2.00 bits per heavy atom. The molecule has 146 valence electrons. The van der Waals surface area contributed by atoms with Crippen molar-refractivity contribution in [3.8, 4) is 11.4 Å². The molecule has 1 fully saturated rings. The lowest BCUT2D eigenvalue weighted by Gasteiger charge is -2.22. The molecule has 1 aliphatic carbocycles. The molecule has 27 heavy (non-hydrogen) atoms. The molecular formula is C18H20F3N3O3. The largest absolute Gasteiger partial charge is 0.471 e. The molecule has 1 saturated carbocycles. The molecule has 0 N–H and O–H groups in total. The van der Waals surface area contributed by atoms with Gasteiger partial charge in [-0.15, -0.1) is 0 Å². The molecule has 6 nitrogen and oxygen atoms in total. The maximum Gasteiger partial charge on any atom is 0.471 e. The van der Waals surface area contributed by atoms with Gasteiger partial charge in [0.15, 0.2) is 0 Å². The minimum Gasteiger partial charge on any atom is -0.383 e. The van der Waals surface area contributed by atoms with Crippen LogP contribution in [0, 0.1) is 5.92 Å². The molecule has 0 bridgehead atoms. The number of methoxy groups -OCH3 is 1. The molecule has 1 aliphatic rings. The van der Waals surface area contributed by atoms with Crippen LogP contribution in [0.15, 0.2) is 28.8 Å². The number of amides is 1. The van der Waals surface area contributed by atoms with Crippen molar-refractivity contribution in [2.24, 2.45) is 5.92 Å². The van der Waals surface area contributed by atoms with E-state index >= 15 is 0 Å². The van der Waals surface area contributed by atoms with Crippen LogP contribution in [-0.4, -0.2) is 41.2 Å². The Balaban J connectivity index is 1.67. The van der Waals surface area contributed by atoms with Gasteiger partial charge in [0.25, 0.3) is 0 Å². The lowest BCUT2D eigenvalue weighted by Crippen LogP contribution is -2.33. The number of aromatic nitrogens is 2. The van der Waals surface area contributed by atoms with Gasteiger partial charge in [-0.1, -0.05) is 29.4 Å². The summed E-state index contributed by atoms with van der Waals surface area (Å²) in [6.45, 7) is 1.34. The fourth-order valence-corrected chi connectivity index (χ4v) is 2.63. The van der Waals surface area contributed by atoms with Crippen molar-refractivity contribution >= 4 is 5.91 Å². The third kappa shape index (κ3) is 5.29. The van der Waals surface area contributed by atoms with Gasteiger partial charge in [-0.05, 0) is 24.3 Å². The Labute approximate surface area is 154 Å². The van der Waals surface area contributed by atoms with Gasteiger partial charge in [-0.25, -0.2) is 0 Å². The predicted octanol–water partition coefficient (Wildman–Crippen LogP) is 3.53. The summed E-state index contributed by atoms with van der Waals surface area (Å²) in [4.78, 5) is 17.5. The van der Waals surface area contributed by atoms with Crippen LogP contribution >= 0.6 is 0 Å². The Kier molecular flexibility index (Phi) is 5.79. The van der Waals surface area contributed by atoms with Gasteiger partial charge in [0.2, 0.25) is 11.7 Å². The number of hydrogen-bond acceptors (Lipinski definition) is 5. The molecule has 2 aromatic rings. The fourth-order valence-electron chi connectivity index (χ4n) is 2.63. The topological polar surface area (TPSA) is 68.5 Å². The average molecular weight is 383 g/mol. The van der Waals surface area contributed by atoms with Crippen LogP contribution in [0.2, 0.25) is 0 Å². The third-order valence-corrected chi connectivity index (χ3v) is 4.33. The summed E-state index contributed by atoms with van der Waals surface area (Å²) in [6, 6.07) is 6.70. The van der Waals surface area contributed by atoms with Crippen LogP contribution in [0.25, 0.3) is 11.4 Å². The van der Waals surface area contributed by atoms with Gasteiger partial charge in [0.1, 0.15) is 0 Å². The van der Waals surface area contributed by atoms with Gasteiger partial charge in [0.05, 0.1) is 6.61 Å². The lowest BCUT2D eigenvalue weighted by molar-refractivity contribution is -0.159. The first-order valence-electron chi connectivity index (χ1n) is 8.63. The third-order valence-electron chi connectivity index (χ3n) is 4.33. The van der Waals surface area contributed by atoms with E-state index in [0.29, 0.717) is 37.6 Å². The number of nitrogens with zero attached hydrogens (tertiary/aromatic N) is 3. The van der Waals surface area contributed by atoms with E-state index in [-0.39, 0.29) is 11.7 Å². The maximum absolute atomic E-state index is 12.6. The summed E-state index contributed by atoms with van der Waals surface area (Å²) in [6.07, 6.45) is -1.92. The molecule has 1 aromatic carbocycles. The van der Waals surface area contributed by atoms with Gasteiger partial charge < -0.3 is 14.2 Å². The van der Waals surface area contributed by atoms with Crippen molar-refractivity contribution in [3.05, 3.63) is 35.7 Å². The number of benzene rings is 1. The molecule has 0 radical (unpaired) electrons. The standard InChI is InChI=1S/C18H20F3N3O3/c1-26-9-8-24(15(25)10-12-2-3-12)11-13-4-6-14(7-5-13)16-22-17(27-23-16)18(19,20)21/h4-7,12H,2-3,8-11H2,1H3. The van der Waals surface area contributed by atoms with E-state index in [2.05, 4.69) is 14.7 Å². The summed E-state index contributed by atoms with van der Waals surface area (Å²) < 4.78 is 47.0. The zero-order valence-electron chi connectivity index (χ0n) is 14.8. The normalized spacial score (nSPS) is 14.4. The molecule has 1 aromatic heterocycles.